The molecule has 6 heteroatoms. The number of anilines is 2. The maximum Gasteiger partial charge on any atom is 0.374 e. The van der Waals surface area contributed by atoms with E-state index in [9.17, 15) is 9.59 Å². The zero-order valence-corrected chi connectivity index (χ0v) is 16.0. The van der Waals surface area contributed by atoms with Gasteiger partial charge in [0.15, 0.2) is 6.61 Å². The first kappa shape index (κ1) is 17.6. The SMILES string of the molecule is O=C(OCC(=O)N1c2ccccc2Sc2ccccc21)c1cc2ccccc2o1. The molecule has 1 aliphatic heterocycles. The molecule has 0 spiro atoms. The Balaban J connectivity index is 1.39. The highest BCUT2D eigenvalue weighted by Crippen LogP contribution is 2.47. The van der Waals surface area contributed by atoms with E-state index in [0.29, 0.717) is 5.58 Å². The molecule has 0 radical (unpaired) electrons. The van der Waals surface area contributed by atoms with Crippen molar-refractivity contribution in [1.82, 2.24) is 0 Å². The van der Waals surface area contributed by atoms with Crippen LogP contribution in [0.5, 0.6) is 0 Å². The monoisotopic (exact) mass is 401 g/mol. The molecule has 29 heavy (non-hydrogen) atoms. The Morgan fingerprint density at radius 2 is 1.48 bits per heavy atom. The van der Waals surface area contributed by atoms with Gasteiger partial charge in [-0.25, -0.2) is 4.79 Å². The Hall–Kier alpha value is -3.51. The van der Waals surface area contributed by atoms with Crippen LogP contribution in [-0.4, -0.2) is 18.5 Å². The van der Waals surface area contributed by atoms with Gasteiger partial charge in [-0.3, -0.25) is 9.69 Å². The molecule has 1 amide bonds. The summed E-state index contributed by atoms with van der Waals surface area (Å²) in [7, 11) is 0. The third-order valence-corrected chi connectivity index (χ3v) is 5.77. The molecule has 0 unspecified atom stereocenters. The van der Waals surface area contributed by atoms with Gasteiger partial charge in [-0.1, -0.05) is 54.2 Å². The van der Waals surface area contributed by atoms with Crippen LogP contribution in [0.3, 0.4) is 0 Å². The number of esters is 1. The number of hydrogen-bond acceptors (Lipinski definition) is 5. The zero-order chi connectivity index (χ0) is 19.8. The van der Waals surface area contributed by atoms with Crippen LogP contribution in [0.2, 0.25) is 0 Å². The van der Waals surface area contributed by atoms with Crippen molar-refractivity contribution in [2.24, 2.45) is 0 Å². The second-order valence-corrected chi connectivity index (χ2v) is 7.58. The number of fused-ring (bicyclic) bond motifs is 3. The fourth-order valence-electron chi connectivity index (χ4n) is 3.32. The largest absolute Gasteiger partial charge is 0.450 e. The number of hydrogen-bond donors (Lipinski definition) is 0. The average Bonchev–Trinajstić information content (AvgIpc) is 3.20. The summed E-state index contributed by atoms with van der Waals surface area (Å²) in [6, 6.07) is 24.3. The minimum Gasteiger partial charge on any atom is -0.450 e. The van der Waals surface area contributed by atoms with E-state index in [0.717, 1.165) is 26.6 Å². The number of carbonyl (C=O) groups is 2. The van der Waals surface area contributed by atoms with Gasteiger partial charge in [-0.15, -0.1) is 0 Å². The lowest BCUT2D eigenvalue weighted by Gasteiger charge is -2.30. The van der Waals surface area contributed by atoms with Crippen LogP contribution in [0.25, 0.3) is 11.0 Å². The van der Waals surface area contributed by atoms with Gasteiger partial charge in [0.2, 0.25) is 5.76 Å². The number of furan rings is 1. The molecule has 0 N–H and O–H groups in total. The number of nitrogens with zero attached hydrogens (tertiary/aromatic N) is 1. The summed E-state index contributed by atoms with van der Waals surface area (Å²) < 4.78 is 10.8. The molecule has 1 aliphatic rings. The highest BCUT2D eigenvalue weighted by Gasteiger charge is 2.28. The lowest BCUT2D eigenvalue weighted by atomic mass is 10.2. The Bertz CT molecular complexity index is 1170. The van der Waals surface area contributed by atoms with Gasteiger partial charge >= 0.3 is 5.97 Å². The zero-order valence-electron chi connectivity index (χ0n) is 15.2. The molecule has 5 rings (SSSR count). The van der Waals surface area contributed by atoms with E-state index >= 15 is 0 Å². The minimum absolute atomic E-state index is 0.0778. The summed E-state index contributed by atoms with van der Waals surface area (Å²) in [5.41, 5.74) is 2.16. The van der Waals surface area contributed by atoms with Crippen molar-refractivity contribution >= 4 is 46.0 Å². The van der Waals surface area contributed by atoms with Crippen LogP contribution in [0.4, 0.5) is 11.4 Å². The van der Waals surface area contributed by atoms with Gasteiger partial charge in [0.1, 0.15) is 5.58 Å². The second-order valence-electron chi connectivity index (χ2n) is 6.49. The molecule has 1 aromatic heterocycles. The smallest absolute Gasteiger partial charge is 0.374 e. The van der Waals surface area contributed by atoms with Crippen molar-refractivity contribution in [3.05, 3.63) is 84.6 Å². The molecule has 0 saturated heterocycles. The topological polar surface area (TPSA) is 59.8 Å². The van der Waals surface area contributed by atoms with E-state index < -0.39 is 5.97 Å². The predicted octanol–water partition coefficient (Wildman–Crippen LogP) is 5.42. The summed E-state index contributed by atoms with van der Waals surface area (Å²) in [5, 5.41) is 0.807. The van der Waals surface area contributed by atoms with Gasteiger partial charge in [-0.2, -0.15) is 0 Å². The van der Waals surface area contributed by atoms with Crippen molar-refractivity contribution in [3.8, 4) is 0 Å². The normalized spacial score (nSPS) is 12.3. The standard InChI is InChI=1S/C23H15NO4S/c25-22(14-27-23(26)19-13-15-7-1-4-10-18(15)28-19)24-16-8-2-5-11-20(16)29-21-12-6-3-9-17(21)24/h1-13H,14H2. The fourth-order valence-corrected chi connectivity index (χ4v) is 4.38. The Kier molecular flexibility index (Phi) is 4.33. The Morgan fingerprint density at radius 1 is 0.862 bits per heavy atom. The number of rotatable bonds is 3. The number of amides is 1. The summed E-state index contributed by atoms with van der Waals surface area (Å²) in [6.07, 6.45) is 0. The van der Waals surface area contributed by atoms with Crippen LogP contribution in [-0.2, 0) is 9.53 Å². The molecule has 0 bridgehead atoms. The van der Waals surface area contributed by atoms with Crippen LogP contribution < -0.4 is 4.90 Å². The molecule has 142 valence electrons. The van der Waals surface area contributed by atoms with E-state index in [4.69, 9.17) is 9.15 Å². The summed E-state index contributed by atoms with van der Waals surface area (Å²) in [6.45, 7) is -0.386. The maximum absolute atomic E-state index is 13.0. The van der Waals surface area contributed by atoms with Crippen molar-refractivity contribution in [2.45, 2.75) is 9.79 Å². The number of carbonyl (C=O) groups excluding carboxylic acids is 2. The van der Waals surface area contributed by atoms with Crippen molar-refractivity contribution in [2.75, 3.05) is 11.5 Å². The first-order valence-corrected chi connectivity index (χ1v) is 9.87. The van der Waals surface area contributed by atoms with Crippen molar-refractivity contribution in [3.63, 3.8) is 0 Å². The molecule has 0 aliphatic carbocycles. The van der Waals surface area contributed by atoms with Gasteiger partial charge in [0.25, 0.3) is 5.91 Å². The van der Waals surface area contributed by atoms with Gasteiger partial charge in [0, 0.05) is 15.2 Å². The van der Waals surface area contributed by atoms with E-state index in [1.807, 2.05) is 66.7 Å². The Labute approximate surface area is 170 Å². The number of benzene rings is 3. The van der Waals surface area contributed by atoms with Crippen LogP contribution in [0.1, 0.15) is 10.6 Å². The van der Waals surface area contributed by atoms with E-state index in [-0.39, 0.29) is 18.3 Å². The number of para-hydroxylation sites is 3. The minimum atomic E-state index is -0.664. The van der Waals surface area contributed by atoms with Crippen LogP contribution in [0.15, 0.2) is 93.1 Å². The lowest BCUT2D eigenvalue weighted by molar-refractivity contribution is -0.121. The third-order valence-electron chi connectivity index (χ3n) is 4.64. The summed E-state index contributed by atoms with van der Waals surface area (Å²) >= 11 is 1.61. The van der Waals surface area contributed by atoms with E-state index in [2.05, 4.69) is 0 Å². The van der Waals surface area contributed by atoms with Crippen molar-refractivity contribution < 1.29 is 18.7 Å². The quantitative estimate of drug-likeness (QED) is 0.429. The van der Waals surface area contributed by atoms with E-state index in [1.165, 1.54) is 0 Å². The van der Waals surface area contributed by atoms with Gasteiger partial charge < -0.3 is 9.15 Å². The highest BCUT2D eigenvalue weighted by atomic mass is 32.2. The number of ether oxygens (including phenoxy) is 1. The van der Waals surface area contributed by atoms with Crippen LogP contribution in [0, 0.1) is 0 Å². The molecule has 0 saturated carbocycles. The maximum atomic E-state index is 13.0. The predicted molar refractivity (Wildman–Crippen MR) is 111 cm³/mol. The molecular weight excluding hydrogens is 386 g/mol. The fraction of sp³-hybridized carbons (Fsp3) is 0.0435. The van der Waals surface area contributed by atoms with E-state index in [1.54, 1.807) is 28.8 Å². The average molecular weight is 401 g/mol. The van der Waals surface area contributed by atoms with Gasteiger partial charge in [-0.05, 0) is 36.4 Å². The first-order chi connectivity index (χ1) is 14.2. The molecular formula is C23H15NO4S. The summed E-state index contributed by atoms with van der Waals surface area (Å²) in [4.78, 5) is 29.0. The second kappa shape index (κ2) is 7.14. The molecule has 0 atom stereocenters. The summed E-state index contributed by atoms with van der Waals surface area (Å²) in [5.74, 6) is -0.911. The molecule has 3 aromatic carbocycles. The lowest BCUT2D eigenvalue weighted by Crippen LogP contribution is -2.32. The molecule has 5 nitrogen and oxygen atoms in total. The third kappa shape index (κ3) is 3.17. The first-order valence-electron chi connectivity index (χ1n) is 9.05. The van der Waals surface area contributed by atoms with Crippen molar-refractivity contribution in [1.29, 1.82) is 0 Å². The highest BCUT2D eigenvalue weighted by molar-refractivity contribution is 7.99. The van der Waals surface area contributed by atoms with Crippen LogP contribution >= 0.6 is 11.8 Å². The molecule has 4 aromatic rings. The van der Waals surface area contributed by atoms with Gasteiger partial charge in [0.05, 0.1) is 11.4 Å². The molecule has 2 heterocycles. The Morgan fingerprint density at radius 3 is 2.17 bits per heavy atom. The molecule has 0 fully saturated rings.